The minimum absolute atomic E-state index is 1.23. The lowest BCUT2D eigenvalue weighted by atomic mass is 9.82. The van der Waals surface area contributed by atoms with Gasteiger partial charge in [-0.25, -0.2) is 0 Å². The molecule has 0 amide bonds. The van der Waals surface area contributed by atoms with Gasteiger partial charge < -0.3 is 0 Å². The predicted molar refractivity (Wildman–Crippen MR) is 198 cm³/mol. The van der Waals surface area contributed by atoms with E-state index in [4.69, 9.17) is 0 Å². The predicted octanol–water partition coefficient (Wildman–Crippen LogP) is 13.0. The molecule has 0 radical (unpaired) electrons. The highest BCUT2D eigenvalue weighted by Gasteiger charge is 2.20. The van der Waals surface area contributed by atoms with Crippen LogP contribution in [0, 0.1) is 0 Å². The molecule has 9 rings (SSSR count). The zero-order valence-corrected chi connectivity index (χ0v) is 25.3. The van der Waals surface area contributed by atoms with Crippen LogP contribution in [0.15, 0.2) is 182 Å². The Morgan fingerprint density at radius 3 is 1.22 bits per heavy atom. The van der Waals surface area contributed by atoms with Crippen LogP contribution >= 0.6 is 0 Å². The molecule has 0 aliphatic rings. The fourth-order valence-electron chi connectivity index (χ4n) is 7.41. The Bertz CT molecular complexity index is 2500. The van der Waals surface area contributed by atoms with Crippen LogP contribution in [0.1, 0.15) is 0 Å². The second kappa shape index (κ2) is 10.9. The third-order valence-corrected chi connectivity index (χ3v) is 9.45. The number of hydrogen-bond acceptors (Lipinski definition) is 0. The molecular weight excluding hydrogens is 553 g/mol. The average Bonchev–Trinajstić information content (AvgIpc) is 3.14. The van der Waals surface area contributed by atoms with E-state index in [9.17, 15) is 0 Å². The van der Waals surface area contributed by atoms with Crippen molar-refractivity contribution >= 4 is 43.1 Å². The van der Waals surface area contributed by atoms with Crippen molar-refractivity contribution in [2.24, 2.45) is 0 Å². The summed E-state index contributed by atoms with van der Waals surface area (Å²) in [5.74, 6) is 0. The van der Waals surface area contributed by atoms with Crippen LogP contribution in [0.2, 0.25) is 0 Å². The lowest BCUT2D eigenvalue weighted by Gasteiger charge is -2.21. The Labute approximate surface area is 268 Å². The maximum atomic E-state index is 2.40. The molecular formula is C46H30. The molecule has 46 heavy (non-hydrogen) atoms. The van der Waals surface area contributed by atoms with Crippen LogP contribution < -0.4 is 0 Å². The molecule has 0 N–H and O–H groups in total. The lowest BCUT2D eigenvalue weighted by molar-refractivity contribution is 1.63. The largest absolute Gasteiger partial charge is 0.0622 e. The van der Waals surface area contributed by atoms with Crippen molar-refractivity contribution in [2.75, 3.05) is 0 Å². The number of rotatable bonds is 4. The van der Waals surface area contributed by atoms with Crippen molar-refractivity contribution in [3.8, 4) is 44.5 Å². The maximum absolute atomic E-state index is 2.40. The van der Waals surface area contributed by atoms with Gasteiger partial charge in [-0.1, -0.05) is 170 Å². The van der Waals surface area contributed by atoms with Crippen molar-refractivity contribution in [3.05, 3.63) is 182 Å². The molecule has 9 aromatic rings. The SMILES string of the molecule is c1ccc(-c2cc(-c3c4ccccc4c(-c4ccc(-c5ccccc5)c5ccccc45)c4ccccc34)c3ccccc3c2)cc1. The minimum atomic E-state index is 1.23. The number of benzene rings is 9. The molecule has 0 bridgehead atoms. The Hall–Kier alpha value is -5.98. The van der Waals surface area contributed by atoms with Crippen molar-refractivity contribution < 1.29 is 0 Å². The highest BCUT2D eigenvalue weighted by Crippen LogP contribution is 2.48. The van der Waals surface area contributed by atoms with Gasteiger partial charge in [0.2, 0.25) is 0 Å². The summed E-state index contributed by atoms with van der Waals surface area (Å²) in [6, 6.07) is 66.5. The zero-order valence-electron chi connectivity index (χ0n) is 25.3. The van der Waals surface area contributed by atoms with Gasteiger partial charge in [-0.3, -0.25) is 0 Å². The maximum Gasteiger partial charge on any atom is -0.00199 e. The topological polar surface area (TPSA) is 0 Å². The van der Waals surface area contributed by atoms with Gasteiger partial charge in [0.1, 0.15) is 0 Å². The Kier molecular flexibility index (Phi) is 6.25. The van der Waals surface area contributed by atoms with Gasteiger partial charge in [0.15, 0.2) is 0 Å². The van der Waals surface area contributed by atoms with Gasteiger partial charge >= 0.3 is 0 Å². The minimum Gasteiger partial charge on any atom is -0.0622 e. The van der Waals surface area contributed by atoms with Crippen molar-refractivity contribution in [1.29, 1.82) is 0 Å². The summed E-state index contributed by atoms with van der Waals surface area (Å²) in [6.45, 7) is 0. The number of fused-ring (bicyclic) bond motifs is 4. The molecule has 0 atom stereocenters. The molecule has 0 saturated carbocycles. The van der Waals surface area contributed by atoms with Gasteiger partial charge in [0, 0.05) is 0 Å². The fourth-order valence-corrected chi connectivity index (χ4v) is 7.41. The fraction of sp³-hybridized carbons (Fsp3) is 0. The molecule has 0 spiro atoms. The van der Waals surface area contributed by atoms with Gasteiger partial charge in [-0.15, -0.1) is 0 Å². The van der Waals surface area contributed by atoms with Crippen LogP contribution in [0.4, 0.5) is 0 Å². The first-order chi connectivity index (χ1) is 22.8. The van der Waals surface area contributed by atoms with E-state index >= 15 is 0 Å². The number of hydrogen-bond donors (Lipinski definition) is 0. The highest BCUT2D eigenvalue weighted by molar-refractivity contribution is 6.26. The van der Waals surface area contributed by atoms with Crippen molar-refractivity contribution in [2.45, 2.75) is 0 Å². The first kappa shape index (κ1) is 26.4. The van der Waals surface area contributed by atoms with Gasteiger partial charge in [0.25, 0.3) is 0 Å². The van der Waals surface area contributed by atoms with Crippen LogP contribution in [0.25, 0.3) is 87.6 Å². The Morgan fingerprint density at radius 2 is 0.630 bits per heavy atom. The summed E-state index contributed by atoms with van der Waals surface area (Å²) in [4.78, 5) is 0. The summed E-state index contributed by atoms with van der Waals surface area (Å²) in [7, 11) is 0. The molecule has 0 aromatic heterocycles. The van der Waals surface area contributed by atoms with E-state index in [1.54, 1.807) is 0 Å². The quantitative estimate of drug-likeness (QED) is 0.181. The van der Waals surface area contributed by atoms with Crippen molar-refractivity contribution in [1.82, 2.24) is 0 Å². The van der Waals surface area contributed by atoms with E-state index in [1.807, 2.05) is 0 Å². The Balaban J connectivity index is 1.40. The van der Waals surface area contributed by atoms with Gasteiger partial charge in [-0.2, -0.15) is 0 Å². The van der Waals surface area contributed by atoms with E-state index in [2.05, 4.69) is 182 Å². The molecule has 0 saturated heterocycles. The summed E-state index contributed by atoms with van der Waals surface area (Å²) in [5, 5.41) is 10.1. The summed E-state index contributed by atoms with van der Waals surface area (Å²) < 4.78 is 0. The molecule has 214 valence electrons. The van der Waals surface area contributed by atoms with E-state index in [0.717, 1.165) is 0 Å². The molecule has 0 nitrogen and oxygen atoms in total. The third-order valence-electron chi connectivity index (χ3n) is 9.45. The summed E-state index contributed by atoms with van der Waals surface area (Å²) in [6.07, 6.45) is 0. The van der Waals surface area contributed by atoms with Crippen LogP contribution in [0.3, 0.4) is 0 Å². The van der Waals surface area contributed by atoms with E-state index in [-0.39, 0.29) is 0 Å². The summed E-state index contributed by atoms with van der Waals surface area (Å²) >= 11 is 0. The van der Waals surface area contributed by atoms with E-state index < -0.39 is 0 Å². The molecule has 0 fully saturated rings. The van der Waals surface area contributed by atoms with Gasteiger partial charge in [0.05, 0.1) is 0 Å². The van der Waals surface area contributed by atoms with Gasteiger partial charge in [-0.05, 0) is 99.7 Å². The molecule has 0 aliphatic carbocycles. The normalized spacial score (nSPS) is 11.5. The molecule has 0 aliphatic heterocycles. The second-order valence-electron chi connectivity index (χ2n) is 12.0. The third kappa shape index (κ3) is 4.23. The van der Waals surface area contributed by atoms with E-state index in [0.29, 0.717) is 0 Å². The standard InChI is InChI=1S/C46H30/c1-3-15-31(16-4-1)34-29-33-19-7-8-20-35(33)44(30-34)46-41-25-13-11-23-39(41)45(40-24-12-14-26-42(40)46)43-28-27-36(32-17-5-2-6-18-32)37-21-9-10-22-38(37)43/h1-30H. The highest BCUT2D eigenvalue weighted by atomic mass is 14.2. The van der Waals surface area contributed by atoms with E-state index in [1.165, 1.54) is 87.6 Å². The lowest BCUT2D eigenvalue weighted by Crippen LogP contribution is -1.93. The molecule has 0 unspecified atom stereocenters. The first-order valence-electron chi connectivity index (χ1n) is 15.9. The van der Waals surface area contributed by atoms with Crippen LogP contribution in [0.5, 0.6) is 0 Å². The van der Waals surface area contributed by atoms with Crippen molar-refractivity contribution in [3.63, 3.8) is 0 Å². The first-order valence-corrected chi connectivity index (χ1v) is 15.9. The van der Waals surface area contributed by atoms with Crippen LogP contribution in [-0.2, 0) is 0 Å². The summed E-state index contributed by atoms with van der Waals surface area (Å²) in [5.41, 5.74) is 10.1. The Morgan fingerprint density at radius 1 is 0.217 bits per heavy atom. The van der Waals surface area contributed by atoms with Crippen LogP contribution in [-0.4, -0.2) is 0 Å². The zero-order chi connectivity index (χ0) is 30.5. The smallest absolute Gasteiger partial charge is 0.00199 e. The molecule has 0 heterocycles. The second-order valence-corrected chi connectivity index (χ2v) is 12.0. The molecule has 9 aromatic carbocycles. The monoisotopic (exact) mass is 582 g/mol. The average molecular weight is 583 g/mol. The molecule has 0 heteroatoms.